The number of hydrogen-bond acceptors (Lipinski definition) is 4. The molecule has 1 aromatic rings. The van der Waals surface area contributed by atoms with E-state index in [1.54, 1.807) is 24.5 Å². The molecule has 1 N–H and O–H groups in total. The number of nitrogens with zero attached hydrogens (tertiary/aromatic N) is 1. The molecule has 0 unspecified atom stereocenters. The third kappa shape index (κ3) is 2.55. The molecule has 0 aliphatic carbocycles. The van der Waals surface area contributed by atoms with Crippen molar-refractivity contribution in [1.82, 2.24) is 10.5 Å². The summed E-state index contributed by atoms with van der Waals surface area (Å²) in [5.74, 6) is 0. The van der Waals surface area contributed by atoms with Gasteiger partial charge in [0.2, 0.25) is 0 Å². The van der Waals surface area contributed by atoms with E-state index in [2.05, 4.69) is 9.72 Å². The van der Waals surface area contributed by atoms with Crippen LogP contribution in [0, 0.1) is 5.21 Å². The zero-order chi connectivity index (χ0) is 8.81. The number of carbonyl (C=O) groups excluding carboxylic acids is 1. The quantitative estimate of drug-likeness (QED) is 0.661. The molecule has 5 heteroatoms. The zero-order valence-corrected chi connectivity index (χ0v) is 6.19. The van der Waals surface area contributed by atoms with Gasteiger partial charge in [-0.05, 0) is 6.07 Å². The number of rotatable bonds is 2. The fourth-order valence-electron chi connectivity index (χ4n) is 0.662. The highest BCUT2D eigenvalue weighted by molar-refractivity contribution is 5.67. The van der Waals surface area contributed by atoms with Gasteiger partial charge in [-0.1, -0.05) is 6.07 Å². The van der Waals surface area contributed by atoms with Gasteiger partial charge in [-0.15, -0.1) is 0 Å². The van der Waals surface area contributed by atoms with Gasteiger partial charge >= 0.3 is 6.09 Å². The standard InChI is InChI=1S/C7H7N2O3/c10-7(9-11)12-5-6-2-1-3-8-4-6/h1-4H,5H2,(H-,9,10,11)/q-1. The third-order valence-electron chi connectivity index (χ3n) is 1.18. The van der Waals surface area contributed by atoms with Crippen molar-refractivity contribution >= 4 is 6.09 Å². The molecule has 1 heterocycles. The predicted molar refractivity (Wildman–Crippen MR) is 40.9 cm³/mol. The molecule has 0 aromatic carbocycles. The molecular formula is C7H7N2O3-. The van der Waals surface area contributed by atoms with Crippen LogP contribution < -0.4 is 5.48 Å². The Morgan fingerprint density at radius 3 is 3.17 bits per heavy atom. The van der Waals surface area contributed by atoms with Gasteiger partial charge in [-0.3, -0.25) is 4.98 Å². The Morgan fingerprint density at radius 2 is 2.58 bits per heavy atom. The van der Waals surface area contributed by atoms with Crippen LogP contribution in [0.4, 0.5) is 4.79 Å². The Morgan fingerprint density at radius 1 is 1.75 bits per heavy atom. The highest BCUT2D eigenvalue weighted by Gasteiger charge is 1.95. The van der Waals surface area contributed by atoms with Gasteiger partial charge in [0, 0.05) is 18.0 Å². The summed E-state index contributed by atoms with van der Waals surface area (Å²) in [4.78, 5) is 14.1. The van der Waals surface area contributed by atoms with Crippen molar-refractivity contribution in [2.24, 2.45) is 0 Å². The first-order valence-corrected chi connectivity index (χ1v) is 3.27. The second-order valence-corrected chi connectivity index (χ2v) is 2.04. The number of nitrogens with one attached hydrogen (secondary N) is 1. The van der Waals surface area contributed by atoms with Crippen molar-refractivity contribution in [1.29, 1.82) is 0 Å². The van der Waals surface area contributed by atoms with E-state index in [0.717, 1.165) is 11.0 Å². The number of pyridine rings is 1. The van der Waals surface area contributed by atoms with E-state index in [9.17, 15) is 10.0 Å². The molecular weight excluding hydrogens is 160 g/mol. The number of amides is 1. The summed E-state index contributed by atoms with van der Waals surface area (Å²) in [5, 5.41) is 9.71. The van der Waals surface area contributed by atoms with Crippen molar-refractivity contribution in [3.8, 4) is 0 Å². The summed E-state index contributed by atoms with van der Waals surface area (Å²) in [7, 11) is 0. The molecule has 0 atom stereocenters. The van der Waals surface area contributed by atoms with E-state index in [4.69, 9.17) is 0 Å². The van der Waals surface area contributed by atoms with Gasteiger partial charge in [-0.2, -0.15) is 0 Å². The van der Waals surface area contributed by atoms with E-state index in [-0.39, 0.29) is 6.61 Å². The molecule has 64 valence electrons. The summed E-state index contributed by atoms with van der Waals surface area (Å²) >= 11 is 0. The first-order valence-electron chi connectivity index (χ1n) is 3.27. The molecule has 0 saturated carbocycles. The van der Waals surface area contributed by atoms with Gasteiger partial charge in [0.1, 0.15) is 6.61 Å². The van der Waals surface area contributed by atoms with Gasteiger partial charge < -0.3 is 15.4 Å². The summed E-state index contributed by atoms with van der Waals surface area (Å²) in [6.45, 7) is 0.0575. The molecule has 1 aromatic heterocycles. The van der Waals surface area contributed by atoms with Crippen LogP contribution in [0.2, 0.25) is 0 Å². The normalized spacial score (nSPS) is 9.08. The number of hydrogen-bond donors (Lipinski definition) is 1. The van der Waals surface area contributed by atoms with E-state index in [1.807, 2.05) is 0 Å². The van der Waals surface area contributed by atoms with Crippen molar-refractivity contribution in [2.75, 3.05) is 0 Å². The topological polar surface area (TPSA) is 74.3 Å². The maximum Gasteiger partial charge on any atom is 0.396 e. The summed E-state index contributed by atoms with van der Waals surface area (Å²) in [6.07, 6.45) is 2.17. The second-order valence-electron chi connectivity index (χ2n) is 2.04. The molecule has 12 heavy (non-hydrogen) atoms. The van der Waals surface area contributed by atoms with Crippen molar-refractivity contribution in [3.05, 3.63) is 35.3 Å². The lowest BCUT2D eigenvalue weighted by Crippen LogP contribution is -2.17. The molecule has 0 bridgehead atoms. The number of carbonyl (C=O) groups is 1. The van der Waals surface area contributed by atoms with E-state index in [1.165, 1.54) is 0 Å². The highest BCUT2D eigenvalue weighted by Crippen LogP contribution is 1.97. The molecule has 0 fully saturated rings. The maximum absolute atomic E-state index is 10.3. The molecule has 1 rings (SSSR count). The fraction of sp³-hybridized carbons (Fsp3) is 0.143. The van der Waals surface area contributed by atoms with Crippen LogP contribution in [0.15, 0.2) is 24.5 Å². The van der Waals surface area contributed by atoms with Gasteiger partial charge in [-0.25, -0.2) is 4.79 Å². The van der Waals surface area contributed by atoms with E-state index < -0.39 is 6.09 Å². The Kier molecular flexibility index (Phi) is 3.04. The Labute approximate surface area is 69.0 Å². The lowest BCUT2D eigenvalue weighted by molar-refractivity contribution is 0.143. The molecule has 0 aliphatic rings. The van der Waals surface area contributed by atoms with Gasteiger partial charge in [0.05, 0.1) is 0 Å². The summed E-state index contributed by atoms with van der Waals surface area (Å²) in [6, 6.07) is 3.46. The van der Waals surface area contributed by atoms with Crippen LogP contribution in [0.5, 0.6) is 0 Å². The van der Waals surface area contributed by atoms with Crippen LogP contribution in [0.3, 0.4) is 0 Å². The Balaban J connectivity index is 2.38. The lowest BCUT2D eigenvalue weighted by atomic mass is 10.3. The van der Waals surface area contributed by atoms with Crippen molar-refractivity contribution < 1.29 is 9.53 Å². The molecule has 5 nitrogen and oxygen atoms in total. The first kappa shape index (κ1) is 8.48. The van der Waals surface area contributed by atoms with Crippen LogP contribution in [0.25, 0.3) is 0 Å². The number of ether oxygens (including phenoxy) is 1. The number of hydroxylamine groups is 1. The smallest absolute Gasteiger partial charge is 0.396 e. The zero-order valence-electron chi connectivity index (χ0n) is 6.19. The third-order valence-corrected chi connectivity index (χ3v) is 1.18. The van der Waals surface area contributed by atoms with Gasteiger partial charge in [0.25, 0.3) is 0 Å². The molecule has 0 aliphatic heterocycles. The van der Waals surface area contributed by atoms with Crippen LogP contribution in [0.1, 0.15) is 5.56 Å². The average molecular weight is 167 g/mol. The average Bonchev–Trinajstić information content (AvgIpc) is 2.16. The minimum absolute atomic E-state index is 0.0575. The first-order chi connectivity index (χ1) is 5.83. The monoisotopic (exact) mass is 167 g/mol. The van der Waals surface area contributed by atoms with Crippen LogP contribution in [-0.2, 0) is 11.3 Å². The van der Waals surface area contributed by atoms with Crippen molar-refractivity contribution in [2.45, 2.75) is 6.61 Å². The van der Waals surface area contributed by atoms with E-state index in [0.29, 0.717) is 0 Å². The second kappa shape index (κ2) is 4.30. The van der Waals surface area contributed by atoms with E-state index >= 15 is 0 Å². The van der Waals surface area contributed by atoms with Crippen LogP contribution in [-0.4, -0.2) is 11.1 Å². The minimum atomic E-state index is -0.987. The molecule has 0 radical (unpaired) electrons. The largest absolute Gasteiger partial charge is 0.756 e. The fourth-order valence-corrected chi connectivity index (χ4v) is 0.662. The molecule has 0 spiro atoms. The van der Waals surface area contributed by atoms with Crippen LogP contribution >= 0.6 is 0 Å². The maximum atomic E-state index is 10.3. The van der Waals surface area contributed by atoms with Gasteiger partial charge in [0.15, 0.2) is 0 Å². The molecule has 1 amide bonds. The predicted octanol–water partition coefficient (Wildman–Crippen LogP) is 0.806. The van der Waals surface area contributed by atoms with Crippen molar-refractivity contribution in [3.63, 3.8) is 0 Å². The number of aromatic nitrogens is 1. The summed E-state index contributed by atoms with van der Waals surface area (Å²) < 4.78 is 4.47. The lowest BCUT2D eigenvalue weighted by Gasteiger charge is -2.07. The Bertz CT molecular complexity index is 250. The SMILES string of the molecule is O=C(N[O-])OCc1cccnc1. The highest BCUT2D eigenvalue weighted by atomic mass is 16.6. The Hall–Kier alpha value is -1.62. The summed E-state index contributed by atoms with van der Waals surface area (Å²) in [5.41, 5.74) is 1.84. The molecule has 0 saturated heterocycles. The minimum Gasteiger partial charge on any atom is -0.756 e.